The quantitative estimate of drug-likeness (QED) is 0.841. The first-order valence-corrected chi connectivity index (χ1v) is 8.15. The molecular formula is C15H20N2O2S. The van der Waals surface area contributed by atoms with E-state index in [4.69, 9.17) is 4.84 Å². The molecule has 1 aromatic rings. The average molecular weight is 292 g/mol. The minimum absolute atomic E-state index is 0.0923. The van der Waals surface area contributed by atoms with E-state index in [0.29, 0.717) is 6.42 Å². The number of hydrogen-bond donors (Lipinski definition) is 0. The Labute approximate surface area is 123 Å². The molecule has 0 bridgehead atoms. The normalized spacial score (nSPS) is 26.9. The Morgan fingerprint density at radius 2 is 2.10 bits per heavy atom. The van der Waals surface area contributed by atoms with Gasteiger partial charge in [-0.1, -0.05) is 24.1 Å². The molecular weight excluding hydrogens is 272 g/mol. The van der Waals surface area contributed by atoms with Crippen molar-refractivity contribution < 1.29 is 9.63 Å². The number of carbonyl (C=O) groups is 1. The van der Waals surface area contributed by atoms with Crippen LogP contribution in [0.4, 0.5) is 0 Å². The van der Waals surface area contributed by atoms with Crippen molar-refractivity contribution in [1.82, 2.24) is 4.90 Å². The fourth-order valence-electron chi connectivity index (χ4n) is 2.84. The monoisotopic (exact) mass is 292 g/mol. The van der Waals surface area contributed by atoms with Crippen molar-refractivity contribution in [3.8, 4) is 0 Å². The van der Waals surface area contributed by atoms with E-state index in [1.807, 2.05) is 29.3 Å². The van der Waals surface area contributed by atoms with Crippen molar-refractivity contribution in [2.45, 2.75) is 44.6 Å². The molecule has 1 saturated heterocycles. The van der Waals surface area contributed by atoms with Crippen LogP contribution in [-0.2, 0) is 9.63 Å². The zero-order valence-corrected chi connectivity index (χ0v) is 12.6. The molecule has 0 radical (unpaired) electrons. The van der Waals surface area contributed by atoms with Crippen molar-refractivity contribution in [2.75, 3.05) is 13.1 Å². The second-order valence-electron chi connectivity index (χ2n) is 5.72. The van der Waals surface area contributed by atoms with Gasteiger partial charge in [0.2, 0.25) is 5.60 Å². The van der Waals surface area contributed by atoms with Gasteiger partial charge in [-0.2, -0.15) is 0 Å². The van der Waals surface area contributed by atoms with E-state index >= 15 is 0 Å². The maximum atomic E-state index is 12.7. The van der Waals surface area contributed by atoms with Gasteiger partial charge in [0.15, 0.2) is 0 Å². The highest BCUT2D eigenvalue weighted by Crippen LogP contribution is 2.30. The third-order valence-electron chi connectivity index (χ3n) is 4.01. The number of amides is 1. The summed E-state index contributed by atoms with van der Waals surface area (Å²) in [5.41, 5.74) is 0.0783. The van der Waals surface area contributed by atoms with Crippen molar-refractivity contribution in [2.24, 2.45) is 5.16 Å². The van der Waals surface area contributed by atoms with Crippen LogP contribution in [0.2, 0.25) is 0 Å². The lowest BCUT2D eigenvalue weighted by Crippen LogP contribution is -2.47. The van der Waals surface area contributed by atoms with E-state index in [2.05, 4.69) is 5.16 Å². The number of nitrogens with zero attached hydrogens (tertiary/aromatic N) is 2. The lowest BCUT2D eigenvalue weighted by atomic mass is 9.97. The van der Waals surface area contributed by atoms with E-state index in [-0.39, 0.29) is 5.91 Å². The van der Waals surface area contributed by atoms with Gasteiger partial charge in [-0.3, -0.25) is 4.79 Å². The highest BCUT2D eigenvalue weighted by Gasteiger charge is 2.44. The molecule has 0 aliphatic carbocycles. The summed E-state index contributed by atoms with van der Waals surface area (Å²) in [6.07, 6.45) is 5.21. The fraction of sp³-hybridized carbons (Fsp3) is 0.600. The largest absolute Gasteiger partial charge is 0.379 e. The molecule has 108 valence electrons. The molecule has 1 aromatic heterocycles. The summed E-state index contributed by atoms with van der Waals surface area (Å²) in [5.74, 6) is 0.0923. The first-order valence-electron chi connectivity index (χ1n) is 7.27. The topological polar surface area (TPSA) is 41.9 Å². The minimum Gasteiger partial charge on any atom is -0.379 e. The first kappa shape index (κ1) is 13.6. The SMILES string of the molecule is C[C@]1(C(=O)N2CCCCCC2)CC(c2cccs2)=NO1. The molecule has 0 N–H and O–H groups in total. The number of likely N-dealkylation sites (tertiary alicyclic amines) is 1. The van der Waals surface area contributed by atoms with Crippen molar-refractivity contribution in [3.63, 3.8) is 0 Å². The second kappa shape index (κ2) is 5.56. The number of rotatable bonds is 2. The van der Waals surface area contributed by atoms with Gasteiger partial charge < -0.3 is 9.74 Å². The van der Waals surface area contributed by atoms with Gasteiger partial charge in [0.1, 0.15) is 5.71 Å². The Balaban J connectivity index is 1.69. The van der Waals surface area contributed by atoms with Gasteiger partial charge in [-0.25, -0.2) is 0 Å². The van der Waals surface area contributed by atoms with E-state index in [0.717, 1.165) is 36.5 Å². The van der Waals surface area contributed by atoms with Crippen LogP contribution in [0.15, 0.2) is 22.7 Å². The molecule has 0 saturated carbocycles. The molecule has 3 heterocycles. The molecule has 4 nitrogen and oxygen atoms in total. The lowest BCUT2D eigenvalue weighted by molar-refractivity contribution is -0.153. The summed E-state index contributed by atoms with van der Waals surface area (Å²) in [6.45, 7) is 3.57. The summed E-state index contributed by atoms with van der Waals surface area (Å²) in [6, 6.07) is 4.02. The van der Waals surface area contributed by atoms with Gasteiger partial charge >= 0.3 is 0 Å². The standard InChI is InChI=1S/C15H20N2O2S/c1-15(14(18)17-8-4-2-3-5-9-17)11-12(16-19-15)13-7-6-10-20-13/h6-7,10H,2-5,8-9,11H2,1H3/t15-/m1/s1. The highest BCUT2D eigenvalue weighted by molar-refractivity contribution is 7.12. The summed E-state index contributed by atoms with van der Waals surface area (Å²) in [5, 5.41) is 6.17. The molecule has 1 amide bonds. The van der Waals surface area contributed by atoms with Crippen LogP contribution in [0.25, 0.3) is 0 Å². The van der Waals surface area contributed by atoms with Gasteiger partial charge in [-0.15, -0.1) is 11.3 Å². The fourth-order valence-corrected chi connectivity index (χ4v) is 3.54. The summed E-state index contributed by atoms with van der Waals surface area (Å²) in [4.78, 5) is 21.3. The van der Waals surface area contributed by atoms with Crippen molar-refractivity contribution in [1.29, 1.82) is 0 Å². The van der Waals surface area contributed by atoms with Crippen LogP contribution in [0.5, 0.6) is 0 Å². The maximum absolute atomic E-state index is 12.7. The predicted octanol–water partition coefficient (Wildman–Crippen LogP) is 3.03. The number of oxime groups is 1. The molecule has 1 fully saturated rings. The predicted molar refractivity (Wildman–Crippen MR) is 80.0 cm³/mol. The Hall–Kier alpha value is -1.36. The molecule has 2 aliphatic heterocycles. The summed E-state index contributed by atoms with van der Waals surface area (Å²) < 4.78 is 0. The molecule has 0 aromatic carbocycles. The summed E-state index contributed by atoms with van der Waals surface area (Å²) >= 11 is 1.64. The van der Waals surface area contributed by atoms with Gasteiger partial charge in [0.25, 0.3) is 5.91 Å². The zero-order valence-electron chi connectivity index (χ0n) is 11.8. The molecule has 0 spiro atoms. The average Bonchev–Trinajstić information content (AvgIpc) is 3.02. The van der Waals surface area contributed by atoms with Crippen molar-refractivity contribution >= 4 is 23.0 Å². The number of thiophene rings is 1. The van der Waals surface area contributed by atoms with Gasteiger partial charge in [-0.05, 0) is 31.2 Å². The third-order valence-corrected chi connectivity index (χ3v) is 4.93. The van der Waals surface area contributed by atoms with Crippen molar-refractivity contribution in [3.05, 3.63) is 22.4 Å². The first-order chi connectivity index (χ1) is 9.69. The van der Waals surface area contributed by atoms with Crippen LogP contribution >= 0.6 is 11.3 Å². The number of carbonyl (C=O) groups excluding carboxylic acids is 1. The maximum Gasteiger partial charge on any atom is 0.269 e. The zero-order chi connectivity index (χ0) is 14.0. The molecule has 0 unspecified atom stereocenters. The van der Waals surface area contributed by atoms with Crippen LogP contribution in [0.1, 0.15) is 43.9 Å². The lowest BCUT2D eigenvalue weighted by Gasteiger charge is -2.28. The summed E-state index contributed by atoms with van der Waals surface area (Å²) in [7, 11) is 0. The Morgan fingerprint density at radius 1 is 1.35 bits per heavy atom. The van der Waals surface area contributed by atoms with E-state index in [9.17, 15) is 4.79 Å². The Bertz CT molecular complexity index is 504. The molecule has 20 heavy (non-hydrogen) atoms. The van der Waals surface area contributed by atoms with Crippen LogP contribution in [0.3, 0.4) is 0 Å². The van der Waals surface area contributed by atoms with E-state index in [1.165, 1.54) is 12.8 Å². The van der Waals surface area contributed by atoms with Gasteiger partial charge in [0, 0.05) is 19.5 Å². The highest BCUT2D eigenvalue weighted by atomic mass is 32.1. The Morgan fingerprint density at radius 3 is 2.75 bits per heavy atom. The van der Waals surface area contributed by atoms with Crippen LogP contribution in [0, 0.1) is 0 Å². The van der Waals surface area contributed by atoms with Gasteiger partial charge in [0.05, 0.1) is 4.88 Å². The van der Waals surface area contributed by atoms with E-state index in [1.54, 1.807) is 11.3 Å². The Kier molecular flexibility index (Phi) is 3.78. The smallest absolute Gasteiger partial charge is 0.269 e. The molecule has 2 aliphatic rings. The second-order valence-corrected chi connectivity index (χ2v) is 6.67. The molecule has 1 atom stereocenters. The third kappa shape index (κ3) is 2.59. The number of hydrogen-bond acceptors (Lipinski definition) is 4. The minimum atomic E-state index is -0.816. The van der Waals surface area contributed by atoms with E-state index < -0.39 is 5.60 Å². The molecule has 5 heteroatoms. The van der Waals surface area contributed by atoms with Crippen LogP contribution in [-0.4, -0.2) is 35.2 Å². The molecule has 3 rings (SSSR count). The van der Waals surface area contributed by atoms with Crippen LogP contribution < -0.4 is 0 Å².